The summed E-state index contributed by atoms with van der Waals surface area (Å²) in [5.41, 5.74) is 5.59. The summed E-state index contributed by atoms with van der Waals surface area (Å²) in [7, 11) is 0. The summed E-state index contributed by atoms with van der Waals surface area (Å²) < 4.78 is 0. The molecule has 0 aliphatic carbocycles. The number of nitrogens with two attached hydrogens (primary N) is 1. The van der Waals surface area contributed by atoms with Crippen LogP contribution in [-0.4, -0.2) is 23.0 Å². The van der Waals surface area contributed by atoms with Crippen LogP contribution in [0.5, 0.6) is 0 Å². The highest BCUT2D eigenvalue weighted by molar-refractivity contribution is 5.90. The van der Waals surface area contributed by atoms with E-state index in [-0.39, 0.29) is 23.6 Å². The van der Waals surface area contributed by atoms with Gasteiger partial charge in [0.05, 0.1) is 6.04 Å². The molecule has 0 saturated heterocycles. The minimum atomic E-state index is -0.404. The molecule has 5 nitrogen and oxygen atoms in total. The Hall–Kier alpha value is -1.26. The van der Waals surface area contributed by atoms with Crippen molar-refractivity contribution in [1.82, 2.24) is 5.32 Å². The van der Waals surface area contributed by atoms with Gasteiger partial charge in [0, 0.05) is 5.92 Å². The highest BCUT2D eigenvalue weighted by Crippen LogP contribution is 2.14. The minimum Gasteiger partial charge on any atom is -0.409 e. The number of nitrogens with one attached hydrogen (secondary N) is 1. The first-order chi connectivity index (χ1) is 8.47. The largest absolute Gasteiger partial charge is 0.409 e. The molecule has 0 bridgehead atoms. The fraction of sp³-hybridized carbons (Fsp3) is 0.846. The zero-order valence-corrected chi connectivity index (χ0v) is 11.9. The first-order valence-electron chi connectivity index (χ1n) is 6.75. The molecule has 0 spiro atoms. The van der Waals surface area contributed by atoms with E-state index in [1.165, 1.54) is 0 Å². The van der Waals surface area contributed by atoms with Gasteiger partial charge in [-0.1, -0.05) is 45.7 Å². The van der Waals surface area contributed by atoms with Crippen LogP contribution >= 0.6 is 0 Å². The summed E-state index contributed by atoms with van der Waals surface area (Å²) in [5.74, 6) is 0.158. The third kappa shape index (κ3) is 5.38. The second-order valence-corrected chi connectivity index (χ2v) is 5.00. The first-order valence-corrected chi connectivity index (χ1v) is 6.75. The lowest BCUT2D eigenvalue weighted by Gasteiger charge is -2.23. The minimum absolute atomic E-state index is 0.00347. The molecule has 0 aliphatic heterocycles. The van der Waals surface area contributed by atoms with Gasteiger partial charge in [0.1, 0.15) is 0 Å². The monoisotopic (exact) mass is 257 g/mol. The van der Waals surface area contributed by atoms with Crippen molar-refractivity contribution < 1.29 is 10.0 Å². The molecule has 2 atom stereocenters. The maximum Gasteiger partial charge on any atom is 0.223 e. The molecule has 5 heteroatoms. The van der Waals surface area contributed by atoms with Gasteiger partial charge in [-0.2, -0.15) is 0 Å². The molecule has 106 valence electrons. The van der Waals surface area contributed by atoms with Gasteiger partial charge in [-0.15, -0.1) is 0 Å². The number of hydrogen-bond acceptors (Lipinski definition) is 3. The number of carbonyl (C=O) groups is 1. The van der Waals surface area contributed by atoms with E-state index in [0.29, 0.717) is 0 Å². The van der Waals surface area contributed by atoms with E-state index >= 15 is 0 Å². The van der Waals surface area contributed by atoms with Crippen LogP contribution in [0.3, 0.4) is 0 Å². The molecule has 4 N–H and O–H groups in total. The summed E-state index contributed by atoms with van der Waals surface area (Å²) >= 11 is 0. The van der Waals surface area contributed by atoms with Crippen molar-refractivity contribution in [3.05, 3.63) is 0 Å². The van der Waals surface area contributed by atoms with Crippen LogP contribution in [0.15, 0.2) is 5.16 Å². The molecule has 0 aliphatic rings. The van der Waals surface area contributed by atoms with Crippen molar-refractivity contribution in [3.63, 3.8) is 0 Å². The number of hydrogen-bond donors (Lipinski definition) is 3. The standard InChI is InChI=1S/C13H27N3O2/c1-5-7-8-10(6-2)13(17)15-11(9(3)4)12(14)16-18/h9-11,18H,5-8H2,1-4H3,(H2,14,16)(H,15,17). The topological polar surface area (TPSA) is 87.7 Å². The molecular weight excluding hydrogens is 230 g/mol. The van der Waals surface area contributed by atoms with Crippen LogP contribution in [0, 0.1) is 11.8 Å². The van der Waals surface area contributed by atoms with Crippen LogP contribution < -0.4 is 11.1 Å². The lowest BCUT2D eigenvalue weighted by atomic mass is 9.96. The van der Waals surface area contributed by atoms with Crippen LogP contribution in [0.4, 0.5) is 0 Å². The Morgan fingerprint density at radius 2 is 2.00 bits per heavy atom. The number of nitrogens with zero attached hydrogens (tertiary/aromatic N) is 1. The predicted molar refractivity (Wildman–Crippen MR) is 73.5 cm³/mol. The summed E-state index contributed by atoms with van der Waals surface area (Å²) in [4.78, 5) is 12.1. The molecule has 0 aromatic carbocycles. The van der Waals surface area contributed by atoms with Crippen molar-refractivity contribution in [2.45, 2.75) is 59.4 Å². The molecule has 0 fully saturated rings. The average molecular weight is 257 g/mol. The SMILES string of the molecule is CCCCC(CC)C(=O)NC(C(N)=NO)C(C)C. The van der Waals surface area contributed by atoms with Gasteiger partial charge in [-0.05, 0) is 18.8 Å². The normalized spacial score (nSPS) is 15.5. The quantitative estimate of drug-likeness (QED) is 0.269. The fourth-order valence-corrected chi connectivity index (χ4v) is 1.89. The van der Waals surface area contributed by atoms with E-state index in [1.807, 2.05) is 20.8 Å². The predicted octanol–water partition coefficient (Wildman–Crippen LogP) is 2.09. The molecule has 0 heterocycles. The molecule has 0 radical (unpaired) electrons. The third-order valence-electron chi connectivity index (χ3n) is 3.17. The van der Waals surface area contributed by atoms with Gasteiger partial charge < -0.3 is 16.3 Å². The second-order valence-electron chi connectivity index (χ2n) is 5.00. The van der Waals surface area contributed by atoms with E-state index < -0.39 is 6.04 Å². The van der Waals surface area contributed by atoms with Crippen LogP contribution in [0.2, 0.25) is 0 Å². The van der Waals surface area contributed by atoms with E-state index in [9.17, 15) is 4.79 Å². The van der Waals surface area contributed by atoms with Crippen molar-refractivity contribution in [3.8, 4) is 0 Å². The van der Waals surface area contributed by atoms with Gasteiger partial charge in [0.2, 0.25) is 5.91 Å². The number of oxime groups is 1. The molecule has 0 saturated carbocycles. The van der Waals surface area contributed by atoms with E-state index in [2.05, 4.69) is 17.4 Å². The number of amides is 1. The van der Waals surface area contributed by atoms with Crippen molar-refractivity contribution in [1.29, 1.82) is 0 Å². The summed E-state index contributed by atoms with van der Waals surface area (Å²) in [6.45, 7) is 7.97. The number of unbranched alkanes of at least 4 members (excludes halogenated alkanes) is 1. The summed E-state index contributed by atoms with van der Waals surface area (Å²) in [6.07, 6.45) is 3.83. The van der Waals surface area contributed by atoms with Crippen molar-refractivity contribution >= 4 is 11.7 Å². The molecular formula is C13H27N3O2. The molecule has 18 heavy (non-hydrogen) atoms. The summed E-state index contributed by atoms with van der Waals surface area (Å²) in [5, 5.41) is 14.6. The molecule has 2 unspecified atom stereocenters. The number of rotatable bonds is 8. The van der Waals surface area contributed by atoms with Crippen molar-refractivity contribution in [2.24, 2.45) is 22.7 Å². The first kappa shape index (κ1) is 16.7. The van der Waals surface area contributed by atoms with Crippen molar-refractivity contribution in [2.75, 3.05) is 0 Å². The van der Waals surface area contributed by atoms with Gasteiger partial charge >= 0.3 is 0 Å². The van der Waals surface area contributed by atoms with E-state index in [1.54, 1.807) is 0 Å². The van der Waals surface area contributed by atoms with Gasteiger partial charge in [0.25, 0.3) is 0 Å². The smallest absolute Gasteiger partial charge is 0.223 e. The Kier molecular flexibility index (Phi) is 8.16. The Morgan fingerprint density at radius 1 is 1.39 bits per heavy atom. The lowest BCUT2D eigenvalue weighted by Crippen LogP contribution is -2.49. The fourth-order valence-electron chi connectivity index (χ4n) is 1.89. The highest BCUT2D eigenvalue weighted by atomic mass is 16.4. The number of carbonyl (C=O) groups excluding carboxylic acids is 1. The van der Waals surface area contributed by atoms with E-state index in [4.69, 9.17) is 10.9 Å². The van der Waals surface area contributed by atoms with Crippen LogP contribution in [0.1, 0.15) is 53.4 Å². The molecule has 0 aromatic rings. The van der Waals surface area contributed by atoms with Gasteiger partial charge in [-0.3, -0.25) is 4.79 Å². The second kappa shape index (κ2) is 8.78. The Labute approximate surface area is 110 Å². The average Bonchev–Trinajstić information content (AvgIpc) is 2.35. The number of amidine groups is 1. The van der Waals surface area contributed by atoms with Crippen LogP contribution in [-0.2, 0) is 4.79 Å². The molecule has 0 aromatic heterocycles. The van der Waals surface area contributed by atoms with Gasteiger partial charge in [-0.25, -0.2) is 0 Å². The zero-order valence-electron chi connectivity index (χ0n) is 11.9. The maximum absolute atomic E-state index is 12.1. The Morgan fingerprint density at radius 3 is 2.39 bits per heavy atom. The Balaban J connectivity index is 4.57. The van der Waals surface area contributed by atoms with E-state index in [0.717, 1.165) is 25.7 Å². The maximum atomic E-state index is 12.1. The Bertz CT molecular complexity index is 277. The van der Waals surface area contributed by atoms with Crippen LogP contribution in [0.25, 0.3) is 0 Å². The molecule has 1 amide bonds. The molecule has 0 rings (SSSR count). The highest BCUT2D eigenvalue weighted by Gasteiger charge is 2.24. The zero-order chi connectivity index (χ0) is 14.1. The summed E-state index contributed by atoms with van der Waals surface area (Å²) in [6, 6.07) is -0.404. The van der Waals surface area contributed by atoms with Gasteiger partial charge in [0.15, 0.2) is 5.84 Å². The third-order valence-corrected chi connectivity index (χ3v) is 3.17. The lowest BCUT2D eigenvalue weighted by molar-refractivity contribution is -0.125.